The topological polar surface area (TPSA) is 46.5 Å². The zero-order valence-corrected chi connectivity index (χ0v) is 6.78. The molecular formula is C9H10O3. The Balaban J connectivity index is 3.03. The summed E-state index contributed by atoms with van der Waals surface area (Å²) in [5.41, 5.74) is 0.453. The van der Waals surface area contributed by atoms with Gasteiger partial charge in [-0.15, -0.1) is 0 Å². The standard InChI is InChI=1S/C9H10O3/c1-2-12-9-5-8(11)4-3-7(9)6-10/h3-6,11H,2H2,1H3. The molecule has 0 radical (unpaired) electrons. The Morgan fingerprint density at radius 2 is 2.33 bits per heavy atom. The van der Waals surface area contributed by atoms with Crippen molar-refractivity contribution in [3.8, 4) is 11.5 Å². The van der Waals surface area contributed by atoms with Crippen LogP contribution in [0.3, 0.4) is 0 Å². The summed E-state index contributed by atoms with van der Waals surface area (Å²) in [6.07, 6.45) is 0.699. The highest BCUT2D eigenvalue weighted by Gasteiger charge is 2.02. The summed E-state index contributed by atoms with van der Waals surface area (Å²) >= 11 is 0. The first-order valence-electron chi connectivity index (χ1n) is 3.69. The van der Waals surface area contributed by atoms with Gasteiger partial charge in [0.2, 0.25) is 0 Å². The lowest BCUT2D eigenvalue weighted by molar-refractivity contribution is 0.112. The number of rotatable bonds is 3. The average Bonchev–Trinajstić information content (AvgIpc) is 2.05. The lowest BCUT2D eigenvalue weighted by atomic mass is 10.2. The maximum absolute atomic E-state index is 10.5. The first-order chi connectivity index (χ1) is 5.77. The maximum Gasteiger partial charge on any atom is 0.153 e. The third-order valence-corrected chi connectivity index (χ3v) is 1.42. The van der Waals surface area contributed by atoms with Crippen molar-refractivity contribution in [1.29, 1.82) is 0 Å². The number of phenols is 1. The van der Waals surface area contributed by atoms with Gasteiger partial charge in [0.05, 0.1) is 12.2 Å². The van der Waals surface area contributed by atoms with Crippen molar-refractivity contribution in [3.63, 3.8) is 0 Å². The van der Waals surface area contributed by atoms with Crippen molar-refractivity contribution in [2.45, 2.75) is 6.92 Å². The molecule has 0 aliphatic heterocycles. The van der Waals surface area contributed by atoms with Crippen LogP contribution < -0.4 is 4.74 Å². The second-order valence-electron chi connectivity index (χ2n) is 2.27. The third kappa shape index (κ3) is 1.75. The fourth-order valence-electron chi connectivity index (χ4n) is 0.901. The van der Waals surface area contributed by atoms with E-state index in [0.29, 0.717) is 24.2 Å². The average molecular weight is 166 g/mol. The molecular weight excluding hydrogens is 156 g/mol. The van der Waals surface area contributed by atoms with Crippen molar-refractivity contribution in [2.24, 2.45) is 0 Å². The van der Waals surface area contributed by atoms with Gasteiger partial charge in [-0.1, -0.05) is 0 Å². The number of hydrogen-bond donors (Lipinski definition) is 1. The summed E-state index contributed by atoms with van der Waals surface area (Å²) in [5.74, 6) is 0.525. The van der Waals surface area contributed by atoms with Gasteiger partial charge in [0.15, 0.2) is 6.29 Å². The lowest BCUT2D eigenvalue weighted by Crippen LogP contribution is -1.95. The highest BCUT2D eigenvalue weighted by molar-refractivity contribution is 5.79. The van der Waals surface area contributed by atoms with Crippen LogP contribution in [-0.2, 0) is 0 Å². The summed E-state index contributed by atoms with van der Waals surface area (Å²) < 4.78 is 5.12. The number of phenolic OH excluding ortho intramolecular Hbond substituents is 1. The second-order valence-corrected chi connectivity index (χ2v) is 2.27. The van der Waals surface area contributed by atoms with Crippen molar-refractivity contribution in [2.75, 3.05) is 6.61 Å². The van der Waals surface area contributed by atoms with E-state index in [1.54, 1.807) is 0 Å². The highest BCUT2D eigenvalue weighted by atomic mass is 16.5. The van der Waals surface area contributed by atoms with E-state index in [1.165, 1.54) is 18.2 Å². The molecule has 12 heavy (non-hydrogen) atoms. The van der Waals surface area contributed by atoms with Crippen LogP contribution in [0.4, 0.5) is 0 Å². The molecule has 0 unspecified atom stereocenters. The predicted molar refractivity (Wildman–Crippen MR) is 44.7 cm³/mol. The van der Waals surface area contributed by atoms with Gasteiger partial charge in [-0.3, -0.25) is 4.79 Å². The molecule has 0 saturated carbocycles. The summed E-state index contributed by atoms with van der Waals surface area (Å²) in [6, 6.07) is 4.40. The molecule has 0 aliphatic rings. The van der Waals surface area contributed by atoms with E-state index in [2.05, 4.69) is 0 Å². The summed E-state index contributed by atoms with van der Waals surface area (Å²) in [4.78, 5) is 10.5. The first-order valence-corrected chi connectivity index (χ1v) is 3.69. The van der Waals surface area contributed by atoms with Crippen molar-refractivity contribution >= 4 is 6.29 Å². The Morgan fingerprint density at radius 1 is 1.58 bits per heavy atom. The van der Waals surface area contributed by atoms with Gasteiger partial charge in [-0.2, -0.15) is 0 Å². The molecule has 1 aromatic carbocycles. The molecule has 0 fully saturated rings. The normalized spacial score (nSPS) is 9.42. The molecule has 0 aromatic heterocycles. The zero-order chi connectivity index (χ0) is 8.97. The Labute approximate surface area is 70.6 Å². The van der Waals surface area contributed by atoms with Crippen molar-refractivity contribution in [1.82, 2.24) is 0 Å². The van der Waals surface area contributed by atoms with E-state index in [0.717, 1.165) is 0 Å². The van der Waals surface area contributed by atoms with Crippen LogP contribution in [0, 0.1) is 0 Å². The van der Waals surface area contributed by atoms with E-state index in [4.69, 9.17) is 9.84 Å². The molecule has 1 rings (SSSR count). The Kier molecular flexibility index (Phi) is 2.69. The number of aromatic hydroxyl groups is 1. The number of hydrogen-bond acceptors (Lipinski definition) is 3. The molecule has 3 nitrogen and oxygen atoms in total. The largest absolute Gasteiger partial charge is 0.508 e. The van der Waals surface area contributed by atoms with E-state index >= 15 is 0 Å². The minimum atomic E-state index is 0.101. The Morgan fingerprint density at radius 3 is 2.92 bits per heavy atom. The van der Waals surface area contributed by atoms with Gasteiger partial charge in [0.1, 0.15) is 11.5 Å². The number of carbonyl (C=O) groups excluding carboxylic acids is 1. The van der Waals surface area contributed by atoms with Crippen molar-refractivity contribution in [3.05, 3.63) is 23.8 Å². The van der Waals surface area contributed by atoms with Crippen LogP contribution in [0.5, 0.6) is 11.5 Å². The molecule has 0 saturated heterocycles. The van der Waals surface area contributed by atoms with Crippen LogP contribution >= 0.6 is 0 Å². The quantitative estimate of drug-likeness (QED) is 0.694. The zero-order valence-electron chi connectivity index (χ0n) is 6.78. The van der Waals surface area contributed by atoms with Gasteiger partial charge < -0.3 is 9.84 Å². The van der Waals surface area contributed by atoms with Gasteiger partial charge >= 0.3 is 0 Å². The Hall–Kier alpha value is -1.51. The van der Waals surface area contributed by atoms with E-state index in [-0.39, 0.29) is 5.75 Å². The minimum Gasteiger partial charge on any atom is -0.508 e. The smallest absolute Gasteiger partial charge is 0.153 e. The van der Waals surface area contributed by atoms with Gasteiger partial charge in [-0.05, 0) is 19.1 Å². The Bertz CT molecular complexity index is 281. The van der Waals surface area contributed by atoms with Crippen LogP contribution in [0.15, 0.2) is 18.2 Å². The summed E-state index contributed by atoms with van der Waals surface area (Å²) in [6.45, 7) is 2.29. The number of benzene rings is 1. The van der Waals surface area contributed by atoms with Crippen LogP contribution in [0.25, 0.3) is 0 Å². The molecule has 0 bridgehead atoms. The molecule has 0 heterocycles. The molecule has 0 aliphatic carbocycles. The van der Waals surface area contributed by atoms with E-state index < -0.39 is 0 Å². The molecule has 3 heteroatoms. The van der Waals surface area contributed by atoms with Crippen LogP contribution in [-0.4, -0.2) is 18.0 Å². The SMILES string of the molecule is CCOc1cc(O)ccc1C=O. The number of ether oxygens (including phenoxy) is 1. The second kappa shape index (κ2) is 3.76. The summed E-state index contributed by atoms with van der Waals surface area (Å²) in [7, 11) is 0. The first kappa shape index (κ1) is 8.59. The fourth-order valence-corrected chi connectivity index (χ4v) is 0.901. The highest BCUT2D eigenvalue weighted by Crippen LogP contribution is 2.22. The fraction of sp³-hybridized carbons (Fsp3) is 0.222. The van der Waals surface area contributed by atoms with Gasteiger partial charge in [0.25, 0.3) is 0 Å². The molecule has 0 amide bonds. The maximum atomic E-state index is 10.5. The number of carbonyl (C=O) groups is 1. The van der Waals surface area contributed by atoms with Crippen molar-refractivity contribution < 1.29 is 14.6 Å². The minimum absolute atomic E-state index is 0.101. The van der Waals surface area contributed by atoms with Crippen LogP contribution in [0.1, 0.15) is 17.3 Å². The lowest BCUT2D eigenvalue weighted by Gasteiger charge is -2.05. The number of aldehydes is 1. The van der Waals surface area contributed by atoms with Crippen LogP contribution in [0.2, 0.25) is 0 Å². The predicted octanol–water partition coefficient (Wildman–Crippen LogP) is 1.60. The summed E-state index contributed by atoms with van der Waals surface area (Å²) in [5, 5.41) is 9.06. The molecule has 1 N–H and O–H groups in total. The van der Waals surface area contributed by atoms with Gasteiger partial charge in [0, 0.05) is 6.07 Å². The van der Waals surface area contributed by atoms with E-state index in [1.807, 2.05) is 6.92 Å². The molecule has 0 spiro atoms. The monoisotopic (exact) mass is 166 g/mol. The van der Waals surface area contributed by atoms with Gasteiger partial charge in [-0.25, -0.2) is 0 Å². The molecule has 0 atom stereocenters. The molecule has 64 valence electrons. The third-order valence-electron chi connectivity index (χ3n) is 1.42. The van der Waals surface area contributed by atoms with E-state index in [9.17, 15) is 4.79 Å². The molecule has 1 aromatic rings.